The first-order valence-corrected chi connectivity index (χ1v) is 8.09. The summed E-state index contributed by atoms with van der Waals surface area (Å²) < 4.78 is 8.65. The summed E-state index contributed by atoms with van der Waals surface area (Å²) in [7, 11) is 1.73. The molecule has 23 heavy (non-hydrogen) atoms. The van der Waals surface area contributed by atoms with Crippen LogP contribution >= 0.6 is 15.9 Å². The summed E-state index contributed by atoms with van der Waals surface area (Å²) in [4.78, 5) is 4.02. The van der Waals surface area contributed by atoms with Crippen molar-refractivity contribution in [3.05, 3.63) is 90.2 Å². The fourth-order valence-corrected chi connectivity index (χ4v) is 3.06. The number of nitrogens with zero attached hydrogens (tertiary/aromatic N) is 3. The van der Waals surface area contributed by atoms with Crippen LogP contribution in [0.5, 0.6) is 0 Å². The Labute approximate surface area is 145 Å². The van der Waals surface area contributed by atoms with E-state index in [0.717, 1.165) is 21.5 Å². The summed E-state index contributed by atoms with van der Waals surface area (Å²) in [6.45, 7) is 0.616. The van der Waals surface area contributed by atoms with Crippen LogP contribution < -0.4 is 0 Å². The van der Waals surface area contributed by atoms with Crippen LogP contribution in [0.25, 0.3) is 0 Å². The van der Waals surface area contributed by atoms with Gasteiger partial charge in [-0.2, -0.15) is 5.10 Å². The van der Waals surface area contributed by atoms with E-state index in [1.165, 1.54) is 0 Å². The number of halogens is 1. The average Bonchev–Trinajstić information content (AvgIpc) is 3.23. The minimum atomic E-state index is -0.162. The molecule has 1 unspecified atom stereocenters. The lowest BCUT2D eigenvalue weighted by Gasteiger charge is -2.22. The van der Waals surface area contributed by atoms with Gasteiger partial charge in [0.25, 0.3) is 0 Å². The quantitative estimate of drug-likeness (QED) is 0.776. The molecule has 117 valence electrons. The Bertz CT molecular complexity index is 648. The molecule has 1 aromatic heterocycles. The van der Waals surface area contributed by atoms with Gasteiger partial charge in [0.05, 0.1) is 6.54 Å². The molecule has 1 aliphatic rings. The van der Waals surface area contributed by atoms with E-state index in [4.69, 9.17) is 4.74 Å². The van der Waals surface area contributed by atoms with Gasteiger partial charge in [-0.05, 0) is 42.9 Å². The smallest absolute Gasteiger partial charge is 0.137 e. The lowest BCUT2D eigenvalue weighted by atomic mass is 9.96. The van der Waals surface area contributed by atoms with Crippen molar-refractivity contribution in [2.75, 3.05) is 7.11 Å². The van der Waals surface area contributed by atoms with Crippen LogP contribution in [0.4, 0.5) is 0 Å². The highest BCUT2D eigenvalue weighted by Crippen LogP contribution is 2.35. The molecule has 0 amide bonds. The minimum absolute atomic E-state index is 0.162. The summed E-state index contributed by atoms with van der Waals surface area (Å²) >= 11 is 3.62. The van der Waals surface area contributed by atoms with Gasteiger partial charge < -0.3 is 4.74 Å². The maximum absolute atomic E-state index is 5.82. The maximum Gasteiger partial charge on any atom is 0.137 e. The Morgan fingerprint density at radius 2 is 2.09 bits per heavy atom. The van der Waals surface area contributed by atoms with Gasteiger partial charge in [0.15, 0.2) is 0 Å². The number of ether oxygens (including phenoxy) is 1. The average molecular weight is 371 g/mol. The normalized spacial score (nSPS) is 17.6. The van der Waals surface area contributed by atoms with E-state index in [1.54, 1.807) is 24.4 Å². The second kappa shape index (κ2) is 7.88. The number of methoxy groups -OCH3 is 1. The third kappa shape index (κ3) is 4.09. The van der Waals surface area contributed by atoms with E-state index in [-0.39, 0.29) is 6.10 Å². The molecule has 5 radical (unpaired) electrons. The van der Waals surface area contributed by atoms with E-state index < -0.39 is 0 Å². The zero-order chi connectivity index (χ0) is 16.1. The third-order valence-electron chi connectivity index (χ3n) is 3.61. The summed E-state index contributed by atoms with van der Waals surface area (Å²) in [6.07, 6.45) is 13.5. The van der Waals surface area contributed by atoms with Crippen molar-refractivity contribution in [3.8, 4) is 0 Å². The van der Waals surface area contributed by atoms with Gasteiger partial charge >= 0.3 is 0 Å². The van der Waals surface area contributed by atoms with Gasteiger partial charge in [0.2, 0.25) is 0 Å². The summed E-state index contributed by atoms with van der Waals surface area (Å²) in [5.41, 5.74) is 2.20. The van der Waals surface area contributed by atoms with Crippen molar-refractivity contribution >= 4 is 15.9 Å². The fraction of sp³-hybridized carbons (Fsp3) is 0.167. The molecular formula is C18H17BrN3O. The highest BCUT2D eigenvalue weighted by Gasteiger charge is 2.22. The molecule has 0 N–H and O–H groups in total. The highest BCUT2D eigenvalue weighted by atomic mass is 79.9. The second-order valence-corrected chi connectivity index (χ2v) is 6.02. The van der Waals surface area contributed by atoms with E-state index in [0.29, 0.717) is 6.54 Å². The zero-order valence-corrected chi connectivity index (χ0v) is 14.3. The molecule has 2 aromatic rings. The lowest BCUT2D eigenvalue weighted by Crippen LogP contribution is -2.13. The maximum atomic E-state index is 5.82. The molecule has 1 aromatic carbocycles. The Kier molecular flexibility index (Phi) is 5.62. The standard InChI is InChI=1S/C18H17BrN3O/c1-23-18(16-8-4-5-9-17(16)19)15(10-14-6-2-3-7-14)11-22-13-20-12-21-22/h2-10,12-13,18H,11H2,1H3/b15-10+. The summed E-state index contributed by atoms with van der Waals surface area (Å²) in [5, 5.41) is 4.22. The number of aromatic nitrogens is 3. The Hall–Kier alpha value is -1.46. The van der Waals surface area contributed by atoms with E-state index in [9.17, 15) is 0 Å². The van der Waals surface area contributed by atoms with E-state index in [2.05, 4.69) is 51.0 Å². The first-order valence-electron chi connectivity index (χ1n) is 7.29. The predicted octanol–water partition coefficient (Wildman–Crippen LogP) is 3.76. The molecule has 1 atom stereocenters. The van der Waals surface area contributed by atoms with Crippen molar-refractivity contribution in [1.29, 1.82) is 0 Å². The number of hydrogen-bond donors (Lipinski definition) is 0. The number of rotatable bonds is 6. The molecule has 1 aliphatic carbocycles. The van der Waals surface area contributed by atoms with E-state index in [1.807, 2.05) is 31.0 Å². The van der Waals surface area contributed by atoms with Crippen molar-refractivity contribution in [1.82, 2.24) is 14.8 Å². The monoisotopic (exact) mass is 370 g/mol. The molecule has 1 fully saturated rings. The Morgan fingerprint density at radius 3 is 2.74 bits per heavy atom. The van der Waals surface area contributed by atoms with Crippen LogP contribution in [0.15, 0.2) is 53.0 Å². The van der Waals surface area contributed by atoms with E-state index >= 15 is 0 Å². The number of hydrogen-bond acceptors (Lipinski definition) is 3. The summed E-state index contributed by atoms with van der Waals surface area (Å²) in [5.74, 6) is 1.15. The van der Waals surface area contributed by atoms with Crippen LogP contribution in [0.2, 0.25) is 0 Å². The highest BCUT2D eigenvalue weighted by molar-refractivity contribution is 9.10. The van der Waals surface area contributed by atoms with Gasteiger partial charge in [-0.3, -0.25) is 0 Å². The van der Waals surface area contributed by atoms with Crippen LogP contribution in [-0.2, 0) is 11.3 Å². The van der Waals surface area contributed by atoms with Crippen molar-refractivity contribution < 1.29 is 4.74 Å². The van der Waals surface area contributed by atoms with Crippen LogP contribution in [0.1, 0.15) is 11.7 Å². The second-order valence-electron chi connectivity index (χ2n) is 5.17. The molecule has 0 aliphatic heterocycles. The third-order valence-corrected chi connectivity index (χ3v) is 4.33. The van der Waals surface area contributed by atoms with Gasteiger partial charge in [-0.1, -0.05) is 40.2 Å². The minimum Gasteiger partial charge on any atom is -0.372 e. The zero-order valence-electron chi connectivity index (χ0n) is 12.8. The molecule has 3 rings (SSSR count). The van der Waals surface area contributed by atoms with Crippen molar-refractivity contribution in [2.24, 2.45) is 0 Å². The molecule has 0 spiro atoms. The molecular weight excluding hydrogens is 354 g/mol. The van der Waals surface area contributed by atoms with Gasteiger partial charge in [0, 0.05) is 17.5 Å². The van der Waals surface area contributed by atoms with Crippen molar-refractivity contribution in [3.63, 3.8) is 0 Å². The Morgan fingerprint density at radius 1 is 1.30 bits per heavy atom. The first kappa shape index (κ1) is 16.4. The summed E-state index contributed by atoms with van der Waals surface area (Å²) in [6, 6.07) is 8.11. The molecule has 5 heteroatoms. The first-order chi connectivity index (χ1) is 11.3. The van der Waals surface area contributed by atoms with Gasteiger partial charge in [-0.25, -0.2) is 9.67 Å². The molecule has 0 bridgehead atoms. The fourth-order valence-electron chi connectivity index (χ4n) is 2.57. The van der Waals surface area contributed by atoms with Crippen LogP contribution in [0, 0.1) is 31.6 Å². The molecule has 1 saturated carbocycles. The van der Waals surface area contributed by atoms with Crippen molar-refractivity contribution in [2.45, 2.75) is 12.6 Å². The lowest BCUT2D eigenvalue weighted by molar-refractivity contribution is 0.127. The van der Waals surface area contributed by atoms with Gasteiger partial charge in [0.1, 0.15) is 18.8 Å². The molecule has 4 nitrogen and oxygen atoms in total. The van der Waals surface area contributed by atoms with Crippen LogP contribution in [-0.4, -0.2) is 21.9 Å². The molecule has 0 saturated heterocycles. The SMILES string of the molecule is COC(/C(=C/[C]1[CH][CH][CH][CH]1)Cn1cncn1)c1ccccc1Br. The Balaban J connectivity index is 1.93. The number of allylic oxidation sites excluding steroid dienone is 1. The number of benzene rings is 1. The largest absolute Gasteiger partial charge is 0.372 e. The molecule has 1 heterocycles. The van der Waals surface area contributed by atoms with Gasteiger partial charge in [-0.15, -0.1) is 0 Å². The van der Waals surface area contributed by atoms with Crippen LogP contribution in [0.3, 0.4) is 0 Å². The predicted molar refractivity (Wildman–Crippen MR) is 92.4 cm³/mol. The topological polar surface area (TPSA) is 39.9 Å².